The molecule has 0 aliphatic carbocycles. The normalized spacial score (nSPS) is 23.4. The minimum atomic E-state index is -0.249. The number of nitrogens with zero attached hydrogens (tertiary/aromatic N) is 1. The molecule has 1 aliphatic heterocycles. The Hall–Kier alpha value is -0.260. The van der Waals surface area contributed by atoms with Gasteiger partial charge in [0, 0.05) is 37.0 Å². The number of rotatable bonds is 5. The Morgan fingerprint density at radius 3 is 2.44 bits per heavy atom. The van der Waals surface area contributed by atoms with Crippen molar-refractivity contribution in [1.29, 1.82) is 0 Å². The zero-order chi connectivity index (χ0) is 13.8. The average Bonchev–Trinajstić information content (AvgIpc) is 2.29. The Kier molecular flexibility index (Phi) is 5.95. The molecule has 1 amide bonds. The lowest BCUT2D eigenvalue weighted by Gasteiger charge is -2.40. The van der Waals surface area contributed by atoms with Crippen LogP contribution in [0.15, 0.2) is 0 Å². The summed E-state index contributed by atoms with van der Waals surface area (Å²) in [6.45, 7) is 8.53. The van der Waals surface area contributed by atoms with Gasteiger partial charge >= 0.3 is 0 Å². The van der Waals surface area contributed by atoms with Crippen LogP contribution in [-0.4, -0.2) is 49.0 Å². The Morgan fingerprint density at radius 1 is 1.44 bits per heavy atom. The molecular formula is C13H26N2O2S. The fourth-order valence-corrected chi connectivity index (χ4v) is 2.54. The zero-order valence-corrected chi connectivity index (χ0v) is 12.8. The van der Waals surface area contributed by atoms with Crippen LogP contribution >= 0.6 is 12.6 Å². The summed E-state index contributed by atoms with van der Waals surface area (Å²) in [5.74, 6) is 0.151. The van der Waals surface area contributed by atoms with Crippen LogP contribution in [0, 0.1) is 5.41 Å². The number of hydrogen-bond donors (Lipinski definition) is 2. The van der Waals surface area contributed by atoms with Crippen LogP contribution in [-0.2, 0) is 9.53 Å². The highest BCUT2D eigenvalue weighted by Gasteiger charge is 2.37. The lowest BCUT2D eigenvalue weighted by Crippen LogP contribution is -2.50. The van der Waals surface area contributed by atoms with Gasteiger partial charge in [0.2, 0.25) is 5.91 Å². The topological polar surface area (TPSA) is 41.6 Å². The molecule has 0 aromatic rings. The van der Waals surface area contributed by atoms with Crippen LogP contribution in [0.3, 0.4) is 0 Å². The predicted octanol–water partition coefficient (Wildman–Crippen LogP) is 1.52. The van der Waals surface area contributed by atoms with E-state index in [1.165, 1.54) is 0 Å². The van der Waals surface area contributed by atoms with Crippen molar-refractivity contribution >= 4 is 18.5 Å². The summed E-state index contributed by atoms with van der Waals surface area (Å²) in [6.07, 6.45) is 1.78. The molecular weight excluding hydrogens is 248 g/mol. The first kappa shape index (κ1) is 15.8. The number of hydrogen-bond acceptors (Lipinski definition) is 4. The van der Waals surface area contributed by atoms with Crippen molar-refractivity contribution in [2.24, 2.45) is 5.41 Å². The van der Waals surface area contributed by atoms with Gasteiger partial charge in [-0.1, -0.05) is 6.92 Å². The smallest absolute Gasteiger partial charge is 0.226 e. The van der Waals surface area contributed by atoms with Crippen LogP contribution in [0.1, 0.15) is 33.6 Å². The van der Waals surface area contributed by atoms with Gasteiger partial charge in [0.15, 0.2) is 0 Å². The van der Waals surface area contributed by atoms with Gasteiger partial charge in [-0.2, -0.15) is 12.6 Å². The molecule has 1 aliphatic rings. The molecule has 0 aromatic carbocycles. The minimum absolute atomic E-state index is 0.0705. The molecule has 0 radical (unpaired) electrons. The lowest BCUT2D eigenvalue weighted by atomic mass is 9.79. The summed E-state index contributed by atoms with van der Waals surface area (Å²) in [5.41, 5.74) is -0.249. The maximum atomic E-state index is 12.3. The molecule has 2 unspecified atom stereocenters. The van der Waals surface area contributed by atoms with Gasteiger partial charge in [0.1, 0.15) is 0 Å². The molecule has 0 spiro atoms. The van der Waals surface area contributed by atoms with E-state index in [1.807, 2.05) is 6.92 Å². The summed E-state index contributed by atoms with van der Waals surface area (Å²) in [4.78, 5) is 14.6. The second kappa shape index (κ2) is 6.78. The van der Waals surface area contributed by atoms with E-state index in [0.717, 1.165) is 25.9 Å². The molecule has 1 heterocycles. The van der Waals surface area contributed by atoms with E-state index < -0.39 is 0 Å². The first-order chi connectivity index (χ1) is 8.39. The number of carbonyl (C=O) groups is 1. The van der Waals surface area contributed by atoms with Gasteiger partial charge in [0.25, 0.3) is 0 Å². The highest BCUT2D eigenvalue weighted by atomic mass is 32.1. The first-order valence-corrected chi connectivity index (χ1v) is 7.13. The van der Waals surface area contributed by atoms with Crippen LogP contribution in [0.5, 0.6) is 0 Å². The summed E-state index contributed by atoms with van der Waals surface area (Å²) < 4.78 is 5.04. The van der Waals surface area contributed by atoms with Crippen LogP contribution < -0.4 is 5.32 Å². The third-order valence-corrected chi connectivity index (χ3v) is 4.10. The number of nitrogens with one attached hydrogen (secondary N) is 1. The van der Waals surface area contributed by atoms with Crippen molar-refractivity contribution in [3.05, 3.63) is 0 Å². The third kappa shape index (κ3) is 4.14. The third-order valence-electron chi connectivity index (χ3n) is 3.77. The molecule has 2 atom stereocenters. The summed E-state index contributed by atoms with van der Waals surface area (Å²) >= 11 is 4.44. The predicted molar refractivity (Wildman–Crippen MR) is 76.8 cm³/mol. The maximum absolute atomic E-state index is 12.3. The maximum Gasteiger partial charge on any atom is 0.226 e. The number of likely N-dealkylation sites (tertiary alicyclic amines) is 1. The molecule has 0 aromatic heterocycles. The second-order valence-corrected chi connectivity index (χ2v) is 6.31. The number of thiol groups is 1. The van der Waals surface area contributed by atoms with Crippen molar-refractivity contribution < 1.29 is 9.53 Å². The Bertz CT molecular complexity index is 276. The summed E-state index contributed by atoms with van der Waals surface area (Å²) in [6, 6.07) is 0.0705. The fraction of sp³-hybridized carbons (Fsp3) is 0.923. The lowest BCUT2D eigenvalue weighted by molar-refractivity contribution is -0.133. The molecule has 18 heavy (non-hydrogen) atoms. The Morgan fingerprint density at radius 2 is 2.00 bits per heavy atom. The van der Waals surface area contributed by atoms with Gasteiger partial charge in [-0.05, 0) is 26.7 Å². The van der Waals surface area contributed by atoms with Crippen molar-refractivity contribution in [2.45, 2.75) is 45.0 Å². The number of carbonyl (C=O) groups excluding carboxylic acids is 1. The van der Waals surface area contributed by atoms with E-state index in [2.05, 4.69) is 36.7 Å². The van der Waals surface area contributed by atoms with E-state index in [-0.39, 0.29) is 22.7 Å². The molecule has 106 valence electrons. The van der Waals surface area contributed by atoms with Gasteiger partial charge in [-0.25, -0.2) is 0 Å². The number of ether oxygens (including phenoxy) is 1. The zero-order valence-electron chi connectivity index (χ0n) is 11.9. The van der Waals surface area contributed by atoms with Crippen LogP contribution in [0.4, 0.5) is 0 Å². The quantitative estimate of drug-likeness (QED) is 0.747. The molecule has 1 N–H and O–H groups in total. The van der Waals surface area contributed by atoms with E-state index >= 15 is 0 Å². The van der Waals surface area contributed by atoms with Crippen LogP contribution in [0.2, 0.25) is 0 Å². The summed E-state index contributed by atoms with van der Waals surface area (Å²) in [7, 11) is 1.65. The first-order valence-electron chi connectivity index (χ1n) is 6.61. The average molecular weight is 274 g/mol. The monoisotopic (exact) mass is 274 g/mol. The molecule has 0 saturated carbocycles. The van der Waals surface area contributed by atoms with Crippen molar-refractivity contribution in [3.8, 4) is 0 Å². The largest absolute Gasteiger partial charge is 0.383 e. The van der Waals surface area contributed by atoms with Gasteiger partial charge in [-0.3, -0.25) is 9.69 Å². The van der Waals surface area contributed by atoms with Crippen molar-refractivity contribution in [2.75, 3.05) is 26.8 Å². The molecule has 0 bridgehead atoms. The van der Waals surface area contributed by atoms with Gasteiger partial charge in [0.05, 0.1) is 6.61 Å². The standard InChI is InChI=1S/C13H26N2O2S/c1-10(9-17-4)14-12(16)13(3)5-7-15(8-6-13)11(2)18/h10-11,18H,5-9H2,1-4H3,(H,14,16). The molecule has 4 nitrogen and oxygen atoms in total. The van der Waals surface area contributed by atoms with E-state index in [0.29, 0.717) is 6.61 Å². The van der Waals surface area contributed by atoms with E-state index in [1.54, 1.807) is 7.11 Å². The van der Waals surface area contributed by atoms with Crippen molar-refractivity contribution in [3.63, 3.8) is 0 Å². The number of methoxy groups -OCH3 is 1. The highest BCUT2D eigenvalue weighted by molar-refractivity contribution is 7.80. The van der Waals surface area contributed by atoms with Gasteiger partial charge in [-0.15, -0.1) is 0 Å². The molecule has 1 saturated heterocycles. The minimum Gasteiger partial charge on any atom is -0.383 e. The fourth-order valence-electron chi connectivity index (χ4n) is 2.31. The number of piperidine rings is 1. The molecule has 1 fully saturated rings. The number of amides is 1. The highest BCUT2D eigenvalue weighted by Crippen LogP contribution is 2.32. The summed E-state index contributed by atoms with van der Waals surface area (Å²) in [5, 5.41) is 3.30. The Balaban J connectivity index is 2.48. The van der Waals surface area contributed by atoms with E-state index in [4.69, 9.17) is 4.74 Å². The van der Waals surface area contributed by atoms with E-state index in [9.17, 15) is 4.79 Å². The molecule has 5 heteroatoms. The Labute approximate surface area is 116 Å². The second-order valence-electron chi connectivity index (χ2n) is 5.56. The molecule has 1 rings (SSSR count). The van der Waals surface area contributed by atoms with Crippen molar-refractivity contribution in [1.82, 2.24) is 10.2 Å². The SMILES string of the molecule is COCC(C)NC(=O)C1(C)CCN(C(C)S)CC1. The van der Waals surface area contributed by atoms with Gasteiger partial charge < -0.3 is 10.1 Å². The van der Waals surface area contributed by atoms with Crippen LogP contribution in [0.25, 0.3) is 0 Å².